The molecule has 0 spiro atoms. The first-order valence-corrected chi connectivity index (χ1v) is 6.88. The molecule has 1 amide bonds. The van der Waals surface area contributed by atoms with Gasteiger partial charge in [-0.2, -0.15) is 0 Å². The van der Waals surface area contributed by atoms with Crippen molar-refractivity contribution in [2.24, 2.45) is 0 Å². The average molecular weight is 306 g/mol. The van der Waals surface area contributed by atoms with Gasteiger partial charge in [0.2, 0.25) is 0 Å². The highest BCUT2D eigenvalue weighted by molar-refractivity contribution is 7.12. The lowest BCUT2D eigenvalue weighted by atomic mass is 10.1. The third-order valence-electron chi connectivity index (χ3n) is 2.87. The van der Waals surface area contributed by atoms with E-state index >= 15 is 0 Å². The van der Waals surface area contributed by atoms with Crippen LogP contribution < -0.4 is 11.1 Å². The zero-order chi connectivity index (χ0) is 15.6. The number of phenolic OH excluding ortho intramolecular Hbond substituents is 1. The molecule has 0 saturated heterocycles. The molecule has 0 saturated carbocycles. The van der Waals surface area contributed by atoms with Crippen LogP contribution in [0.4, 0.5) is 11.4 Å². The number of aromatic hydroxyl groups is 1. The van der Waals surface area contributed by atoms with Crippen LogP contribution in [0.2, 0.25) is 0 Å². The van der Waals surface area contributed by atoms with Gasteiger partial charge in [-0.25, -0.2) is 4.79 Å². The average Bonchev–Trinajstić information content (AvgIpc) is 2.82. The molecule has 7 heteroatoms. The lowest BCUT2D eigenvalue weighted by Crippen LogP contribution is -2.16. The first-order valence-electron chi connectivity index (χ1n) is 6.00. The van der Waals surface area contributed by atoms with E-state index in [0.29, 0.717) is 10.6 Å². The summed E-state index contributed by atoms with van der Waals surface area (Å²) in [7, 11) is 1.27. The third kappa shape index (κ3) is 2.97. The Kier molecular flexibility index (Phi) is 4.13. The Bertz CT molecular complexity index is 709. The minimum Gasteiger partial charge on any atom is -0.508 e. The van der Waals surface area contributed by atoms with Crippen molar-refractivity contribution >= 4 is 34.6 Å². The van der Waals surface area contributed by atoms with E-state index in [1.165, 1.54) is 36.6 Å². The molecule has 0 radical (unpaired) electrons. The van der Waals surface area contributed by atoms with Gasteiger partial charge in [-0.15, -0.1) is 11.3 Å². The number of esters is 1. The summed E-state index contributed by atoms with van der Waals surface area (Å²) < 4.78 is 4.68. The maximum absolute atomic E-state index is 12.3. The van der Waals surface area contributed by atoms with Crippen molar-refractivity contribution in [3.8, 4) is 5.75 Å². The minimum absolute atomic E-state index is 0.0652. The molecule has 0 aliphatic heterocycles. The number of hydrogen-bond donors (Lipinski definition) is 3. The van der Waals surface area contributed by atoms with Gasteiger partial charge in [-0.05, 0) is 36.1 Å². The van der Waals surface area contributed by atoms with E-state index in [1.54, 1.807) is 12.3 Å². The van der Waals surface area contributed by atoms with Gasteiger partial charge in [0.1, 0.15) is 10.6 Å². The van der Waals surface area contributed by atoms with Crippen LogP contribution in [0.15, 0.2) is 23.6 Å². The smallest absolute Gasteiger partial charge is 0.350 e. The molecule has 0 fully saturated rings. The Morgan fingerprint density at radius 3 is 2.76 bits per heavy atom. The van der Waals surface area contributed by atoms with E-state index in [1.807, 2.05) is 0 Å². The van der Waals surface area contributed by atoms with Gasteiger partial charge in [0.25, 0.3) is 5.91 Å². The van der Waals surface area contributed by atoms with Crippen LogP contribution in [-0.4, -0.2) is 24.1 Å². The van der Waals surface area contributed by atoms with E-state index in [9.17, 15) is 14.7 Å². The first-order chi connectivity index (χ1) is 9.93. The van der Waals surface area contributed by atoms with Gasteiger partial charge < -0.3 is 20.9 Å². The standard InChI is InChI=1S/C14H14N2O4S/c1-7-6-21-12(14(19)20-2)11(7)16-13(18)9-5-8(17)3-4-10(9)15/h3-6,17H,15H2,1-2H3,(H,16,18). The molecule has 6 nitrogen and oxygen atoms in total. The van der Waals surface area contributed by atoms with Crippen LogP contribution >= 0.6 is 11.3 Å². The number of ether oxygens (including phenoxy) is 1. The van der Waals surface area contributed by atoms with E-state index in [4.69, 9.17) is 5.73 Å². The summed E-state index contributed by atoms with van der Waals surface area (Å²) in [5.41, 5.74) is 7.22. The van der Waals surface area contributed by atoms with Crippen molar-refractivity contribution in [1.29, 1.82) is 0 Å². The van der Waals surface area contributed by atoms with Crippen LogP contribution in [0, 0.1) is 6.92 Å². The van der Waals surface area contributed by atoms with Gasteiger partial charge >= 0.3 is 5.97 Å². The Balaban J connectivity index is 2.34. The predicted octanol–water partition coefficient (Wildman–Crippen LogP) is 2.38. The molecule has 110 valence electrons. The Morgan fingerprint density at radius 1 is 1.38 bits per heavy atom. The lowest BCUT2D eigenvalue weighted by Gasteiger charge is -2.09. The Morgan fingerprint density at radius 2 is 2.10 bits per heavy atom. The van der Waals surface area contributed by atoms with Crippen molar-refractivity contribution in [2.75, 3.05) is 18.2 Å². The van der Waals surface area contributed by atoms with Gasteiger partial charge in [-0.3, -0.25) is 4.79 Å². The first kappa shape index (κ1) is 14.9. The van der Waals surface area contributed by atoms with E-state index in [2.05, 4.69) is 10.1 Å². The number of anilines is 2. The number of rotatable bonds is 3. The van der Waals surface area contributed by atoms with Gasteiger partial charge in [-0.1, -0.05) is 0 Å². The molecule has 0 bridgehead atoms. The zero-order valence-corrected chi connectivity index (χ0v) is 12.3. The summed E-state index contributed by atoms with van der Waals surface area (Å²) >= 11 is 1.18. The van der Waals surface area contributed by atoms with Crippen molar-refractivity contribution in [3.05, 3.63) is 39.6 Å². The molecule has 2 rings (SSSR count). The number of benzene rings is 1. The fraction of sp³-hybridized carbons (Fsp3) is 0.143. The van der Waals surface area contributed by atoms with Crippen molar-refractivity contribution < 1.29 is 19.4 Å². The van der Waals surface area contributed by atoms with Gasteiger partial charge in [0.05, 0.1) is 18.4 Å². The topological polar surface area (TPSA) is 102 Å². The summed E-state index contributed by atoms with van der Waals surface area (Å²) in [5, 5.41) is 13.8. The summed E-state index contributed by atoms with van der Waals surface area (Å²) in [6, 6.07) is 4.10. The molecular weight excluding hydrogens is 292 g/mol. The van der Waals surface area contributed by atoms with Crippen LogP contribution in [0.3, 0.4) is 0 Å². The number of phenols is 1. The number of thiophene rings is 1. The molecule has 0 unspecified atom stereocenters. The van der Waals surface area contributed by atoms with E-state index < -0.39 is 11.9 Å². The number of aryl methyl sites for hydroxylation is 1. The zero-order valence-electron chi connectivity index (χ0n) is 11.5. The molecule has 0 atom stereocenters. The normalized spacial score (nSPS) is 10.2. The molecule has 0 aliphatic rings. The molecule has 1 heterocycles. The summed E-state index contributed by atoms with van der Waals surface area (Å²) in [6.45, 7) is 1.77. The maximum atomic E-state index is 12.3. The highest BCUT2D eigenvalue weighted by Gasteiger charge is 2.20. The molecule has 1 aromatic carbocycles. The molecule has 1 aromatic heterocycles. The third-order valence-corrected chi connectivity index (χ3v) is 3.94. The van der Waals surface area contributed by atoms with Crippen molar-refractivity contribution in [1.82, 2.24) is 0 Å². The fourth-order valence-electron chi connectivity index (χ4n) is 1.76. The highest BCUT2D eigenvalue weighted by Crippen LogP contribution is 2.29. The van der Waals surface area contributed by atoms with Crippen LogP contribution in [0.5, 0.6) is 5.75 Å². The van der Waals surface area contributed by atoms with Crippen molar-refractivity contribution in [3.63, 3.8) is 0 Å². The van der Waals surface area contributed by atoms with E-state index in [0.717, 1.165) is 5.56 Å². The summed E-state index contributed by atoms with van der Waals surface area (Å²) in [5.74, 6) is -1.09. The molecule has 0 aliphatic carbocycles. The van der Waals surface area contributed by atoms with Gasteiger partial charge in [0, 0.05) is 5.69 Å². The number of carbonyl (C=O) groups is 2. The molecule has 2 aromatic rings. The van der Waals surface area contributed by atoms with Crippen LogP contribution in [0.25, 0.3) is 0 Å². The number of nitrogen functional groups attached to an aromatic ring is 1. The minimum atomic E-state index is -0.521. The second kappa shape index (κ2) is 5.84. The second-order valence-electron chi connectivity index (χ2n) is 4.34. The Labute approximate surface area is 125 Å². The highest BCUT2D eigenvalue weighted by atomic mass is 32.1. The second-order valence-corrected chi connectivity index (χ2v) is 5.22. The fourth-order valence-corrected chi connectivity index (χ4v) is 2.69. The number of hydrogen-bond acceptors (Lipinski definition) is 6. The quantitative estimate of drug-likeness (QED) is 0.459. The number of nitrogens with one attached hydrogen (secondary N) is 1. The Hall–Kier alpha value is -2.54. The number of methoxy groups -OCH3 is 1. The van der Waals surface area contributed by atoms with Crippen molar-refractivity contribution in [2.45, 2.75) is 6.92 Å². The van der Waals surface area contributed by atoms with E-state index in [-0.39, 0.29) is 17.0 Å². The summed E-state index contributed by atoms with van der Waals surface area (Å²) in [6.07, 6.45) is 0. The lowest BCUT2D eigenvalue weighted by molar-refractivity contribution is 0.0607. The number of nitrogens with two attached hydrogens (primary N) is 1. The number of carbonyl (C=O) groups excluding carboxylic acids is 2. The number of amides is 1. The predicted molar refractivity (Wildman–Crippen MR) is 80.9 cm³/mol. The monoisotopic (exact) mass is 306 g/mol. The molecule has 21 heavy (non-hydrogen) atoms. The molecular formula is C14H14N2O4S. The molecule has 4 N–H and O–H groups in total. The van der Waals surface area contributed by atoms with Crippen LogP contribution in [-0.2, 0) is 4.74 Å². The maximum Gasteiger partial charge on any atom is 0.350 e. The summed E-state index contributed by atoms with van der Waals surface area (Å²) in [4.78, 5) is 24.2. The van der Waals surface area contributed by atoms with Gasteiger partial charge in [0.15, 0.2) is 0 Å². The largest absolute Gasteiger partial charge is 0.508 e. The van der Waals surface area contributed by atoms with Crippen LogP contribution in [0.1, 0.15) is 25.6 Å². The SMILES string of the molecule is COC(=O)c1scc(C)c1NC(=O)c1cc(O)ccc1N.